The Labute approximate surface area is 170 Å². The molecule has 2 aromatic rings. The predicted molar refractivity (Wildman–Crippen MR) is 109 cm³/mol. The van der Waals surface area contributed by atoms with Gasteiger partial charge in [-0.3, -0.25) is 0 Å². The van der Waals surface area contributed by atoms with Gasteiger partial charge in [-0.15, -0.1) is 0 Å². The summed E-state index contributed by atoms with van der Waals surface area (Å²) < 4.78 is 5.42. The van der Waals surface area contributed by atoms with Crippen LogP contribution < -0.4 is 14.7 Å². The lowest BCUT2D eigenvalue weighted by Crippen LogP contribution is -2.57. The summed E-state index contributed by atoms with van der Waals surface area (Å²) in [5.74, 6) is 2.68. The highest BCUT2D eigenvalue weighted by atomic mass is 16.5. The van der Waals surface area contributed by atoms with E-state index in [9.17, 15) is 5.11 Å². The topological polar surface area (TPSA) is 104 Å². The number of aromatic nitrogens is 5. The molecule has 0 amide bonds. The molecule has 3 atom stereocenters. The molecule has 0 spiro atoms. The highest BCUT2D eigenvalue weighted by Gasteiger charge is 2.32. The van der Waals surface area contributed by atoms with Crippen LogP contribution in [0.25, 0.3) is 0 Å². The van der Waals surface area contributed by atoms with Crippen LogP contribution in [0.1, 0.15) is 32.7 Å². The third-order valence-corrected chi connectivity index (χ3v) is 5.34. The lowest BCUT2D eigenvalue weighted by Gasteiger charge is -2.45. The van der Waals surface area contributed by atoms with Gasteiger partial charge in [0.2, 0.25) is 11.9 Å². The van der Waals surface area contributed by atoms with Crippen molar-refractivity contribution >= 4 is 17.7 Å². The van der Waals surface area contributed by atoms with Gasteiger partial charge in [-0.1, -0.05) is 0 Å². The molecule has 2 aliphatic rings. The molecule has 0 radical (unpaired) electrons. The van der Waals surface area contributed by atoms with Crippen LogP contribution in [0.5, 0.6) is 0 Å². The largest absolute Gasteiger partial charge is 0.385 e. The third-order valence-electron chi connectivity index (χ3n) is 5.34. The van der Waals surface area contributed by atoms with Crippen LogP contribution in [0.15, 0.2) is 18.6 Å². The second kappa shape index (κ2) is 8.42. The van der Waals surface area contributed by atoms with Crippen LogP contribution in [-0.2, 0) is 4.74 Å². The molecule has 156 valence electrons. The van der Waals surface area contributed by atoms with Crippen molar-refractivity contribution in [2.24, 2.45) is 0 Å². The van der Waals surface area contributed by atoms with Gasteiger partial charge in [0, 0.05) is 44.5 Å². The Bertz CT molecular complexity index is 817. The van der Waals surface area contributed by atoms with Crippen LogP contribution >= 0.6 is 0 Å². The van der Waals surface area contributed by atoms with Crippen molar-refractivity contribution in [2.75, 3.05) is 54.1 Å². The fraction of sp³-hybridized carbons (Fsp3) is 0.632. The number of aliphatic hydroxyl groups excluding tert-OH is 1. The van der Waals surface area contributed by atoms with Gasteiger partial charge in [0.05, 0.1) is 13.2 Å². The summed E-state index contributed by atoms with van der Waals surface area (Å²) in [4.78, 5) is 28.8. The smallest absolute Gasteiger partial charge is 0.230 e. The van der Waals surface area contributed by atoms with E-state index in [2.05, 4.69) is 48.5 Å². The van der Waals surface area contributed by atoms with E-state index >= 15 is 0 Å². The normalized spacial score (nSPS) is 23.9. The molecule has 4 rings (SSSR count). The van der Waals surface area contributed by atoms with Gasteiger partial charge >= 0.3 is 0 Å². The Kier molecular flexibility index (Phi) is 5.72. The molecule has 0 bridgehead atoms. The summed E-state index contributed by atoms with van der Waals surface area (Å²) in [5.41, 5.74) is 0. The second-order valence-electron chi connectivity index (χ2n) is 7.64. The molecule has 0 aliphatic carbocycles. The third kappa shape index (κ3) is 4.23. The Morgan fingerprint density at radius 3 is 2.31 bits per heavy atom. The van der Waals surface area contributed by atoms with Crippen LogP contribution in [0.3, 0.4) is 0 Å². The maximum Gasteiger partial charge on any atom is 0.230 e. The first-order chi connectivity index (χ1) is 14.0. The summed E-state index contributed by atoms with van der Waals surface area (Å²) in [7, 11) is 0. The molecule has 2 saturated heterocycles. The molecule has 4 heterocycles. The molecule has 2 aromatic heterocycles. The van der Waals surface area contributed by atoms with Crippen molar-refractivity contribution in [3.05, 3.63) is 24.4 Å². The molecule has 2 fully saturated rings. The number of morpholine rings is 1. The van der Waals surface area contributed by atoms with Crippen LogP contribution in [0.4, 0.5) is 17.7 Å². The van der Waals surface area contributed by atoms with E-state index in [0.29, 0.717) is 30.9 Å². The number of hydrogen-bond donors (Lipinski definition) is 1. The van der Waals surface area contributed by atoms with Gasteiger partial charge in [0.25, 0.3) is 0 Å². The predicted octanol–water partition coefficient (Wildman–Crippen LogP) is 0.655. The summed E-state index contributed by atoms with van der Waals surface area (Å²) in [5, 5.41) is 9.82. The minimum atomic E-state index is -0.689. The van der Waals surface area contributed by atoms with Crippen LogP contribution in [0, 0.1) is 0 Å². The zero-order valence-electron chi connectivity index (χ0n) is 17.1. The Balaban J connectivity index is 1.51. The lowest BCUT2D eigenvalue weighted by atomic mass is 10.1. The average molecular weight is 400 g/mol. The first-order valence-corrected chi connectivity index (χ1v) is 10.1. The molecule has 2 aliphatic heterocycles. The molecule has 1 N–H and O–H groups in total. The quantitative estimate of drug-likeness (QED) is 0.787. The number of anilines is 3. The lowest BCUT2D eigenvalue weighted by molar-refractivity contribution is 0.122. The number of rotatable bonds is 4. The SMILES string of the molecule is C[C@@H]1CN(c2ncnc(N3CCOCC3)n2)C[C@H](C)N1c1ccnc([C@@H](C)O)n1. The second-order valence-corrected chi connectivity index (χ2v) is 7.64. The number of nitrogens with zero attached hydrogens (tertiary/aromatic N) is 8. The molecule has 0 saturated carbocycles. The van der Waals surface area contributed by atoms with Crippen molar-refractivity contribution in [3.63, 3.8) is 0 Å². The van der Waals surface area contributed by atoms with Crippen molar-refractivity contribution in [3.8, 4) is 0 Å². The van der Waals surface area contributed by atoms with E-state index in [0.717, 1.165) is 32.0 Å². The summed E-state index contributed by atoms with van der Waals surface area (Å²) in [6, 6.07) is 2.28. The standard InChI is InChI=1S/C19H28N8O2/c1-13-10-26(19-22-12-21-18(24-19)25-6-8-29-9-7-25)11-14(2)27(13)16-4-5-20-17(23-16)15(3)28/h4-5,12-15,28H,6-11H2,1-3H3/t13-,14+,15-/m1/s1. The van der Waals surface area contributed by atoms with Crippen molar-refractivity contribution in [1.29, 1.82) is 0 Å². The first-order valence-electron chi connectivity index (χ1n) is 10.1. The fourth-order valence-corrected chi connectivity index (χ4v) is 3.99. The Morgan fingerprint density at radius 2 is 1.66 bits per heavy atom. The van der Waals surface area contributed by atoms with Crippen LogP contribution in [-0.4, -0.2) is 81.5 Å². The summed E-state index contributed by atoms with van der Waals surface area (Å²) >= 11 is 0. The molecule has 0 aromatic carbocycles. The molecule has 0 unspecified atom stereocenters. The molecule has 10 nitrogen and oxygen atoms in total. The van der Waals surface area contributed by atoms with E-state index in [1.54, 1.807) is 19.4 Å². The number of piperazine rings is 1. The number of aliphatic hydroxyl groups is 1. The van der Waals surface area contributed by atoms with E-state index in [4.69, 9.17) is 9.72 Å². The highest BCUT2D eigenvalue weighted by Crippen LogP contribution is 2.26. The summed E-state index contributed by atoms with van der Waals surface area (Å²) in [6.07, 6.45) is 2.61. The van der Waals surface area contributed by atoms with Gasteiger partial charge < -0.3 is 24.5 Å². The van der Waals surface area contributed by atoms with Crippen molar-refractivity contribution in [2.45, 2.75) is 39.0 Å². The minimum Gasteiger partial charge on any atom is -0.385 e. The first kappa shape index (κ1) is 19.7. The minimum absolute atomic E-state index is 0.194. The van der Waals surface area contributed by atoms with Crippen molar-refractivity contribution < 1.29 is 9.84 Å². The van der Waals surface area contributed by atoms with Gasteiger partial charge in [0.1, 0.15) is 18.2 Å². The fourth-order valence-electron chi connectivity index (χ4n) is 3.99. The van der Waals surface area contributed by atoms with E-state index in [-0.39, 0.29) is 12.1 Å². The van der Waals surface area contributed by atoms with E-state index in [1.807, 2.05) is 6.07 Å². The van der Waals surface area contributed by atoms with E-state index in [1.165, 1.54) is 0 Å². The zero-order chi connectivity index (χ0) is 20.4. The Morgan fingerprint density at radius 1 is 1.00 bits per heavy atom. The maximum atomic E-state index is 9.82. The average Bonchev–Trinajstić information content (AvgIpc) is 2.74. The molecule has 10 heteroatoms. The Hall–Kier alpha value is -2.59. The molecule has 29 heavy (non-hydrogen) atoms. The zero-order valence-corrected chi connectivity index (χ0v) is 17.1. The molecular formula is C19H28N8O2. The van der Waals surface area contributed by atoms with Gasteiger partial charge in [-0.2, -0.15) is 4.98 Å². The molecular weight excluding hydrogens is 372 g/mol. The van der Waals surface area contributed by atoms with Crippen LogP contribution in [0.2, 0.25) is 0 Å². The summed E-state index contributed by atoms with van der Waals surface area (Å²) in [6.45, 7) is 10.5. The van der Waals surface area contributed by atoms with E-state index < -0.39 is 6.10 Å². The van der Waals surface area contributed by atoms with Gasteiger partial charge in [0.15, 0.2) is 5.82 Å². The van der Waals surface area contributed by atoms with Gasteiger partial charge in [-0.25, -0.2) is 19.9 Å². The van der Waals surface area contributed by atoms with Gasteiger partial charge in [-0.05, 0) is 26.8 Å². The number of ether oxygens (including phenoxy) is 1. The number of hydrogen-bond acceptors (Lipinski definition) is 10. The highest BCUT2D eigenvalue weighted by molar-refractivity contribution is 5.46. The monoisotopic (exact) mass is 400 g/mol. The van der Waals surface area contributed by atoms with Crippen molar-refractivity contribution in [1.82, 2.24) is 24.9 Å². The maximum absolute atomic E-state index is 9.82.